The lowest BCUT2D eigenvalue weighted by atomic mass is 10.2. The molecule has 26 heavy (non-hydrogen) atoms. The van der Waals surface area contributed by atoms with E-state index in [0.717, 1.165) is 35.0 Å². The van der Waals surface area contributed by atoms with Gasteiger partial charge in [0.2, 0.25) is 11.8 Å². The van der Waals surface area contributed by atoms with Crippen molar-refractivity contribution in [3.63, 3.8) is 0 Å². The van der Waals surface area contributed by atoms with Crippen molar-refractivity contribution in [2.45, 2.75) is 29.9 Å². The number of methoxy groups -OCH3 is 1. The van der Waals surface area contributed by atoms with Crippen LogP contribution in [0, 0.1) is 0 Å². The largest absolute Gasteiger partial charge is 0.497 e. The quantitative estimate of drug-likeness (QED) is 0.783. The van der Waals surface area contributed by atoms with E-state index >= 15 is 0 Å². The first-order chi connectivity index (χ1) is 12.6. The zero-order valence-corrected chi connectivity index (χ0v) is 15.7. The van der Waals surface area contributed by atoms with Crippen molar-refractivity contribution in [3.05, 3.63) is 48.5 Å². The van der Waals surface area contributed by atoms with Gasteiger partial charge in [0.25, 0.3) is 0 Å². The van der Waals surface area contributed by atoms with Gasteiger partial charge in [-0.15, -0.1) is 11.8 Å². The summed E-state index contributed by atoms with van der Waals surface area (Å²) < 4.78 is 5.14. The number of anilines is 2. The second-order valence-corrected chi connectivity index (χ2v) is 7.53. The van der Waals surface area contributed by atoms with Crippen LogP contribution in [0.5, 0.6) is 5.75 Å². The molecule has 1 aliphatic heterocycles. The zero-order valence-electron chi connectivity index (χ0n) is 14.9. The highest BCUT2D eigenvalue weighted by atomic mass is 32.2. The summed E-state index contributed by atoms with van der Waals surface area (Å²) in [6, 6.07) is 15.1. The van der Waals surface area contributed by atoms with Gasteiger partial charge in [-0.2, -0.15) is 0 Å². The first-order valence-corrected chi connectivity index (χ1v) is 9.47. The number of nitrogens with zero attached hydrogens (tertiary/aromatic N) is 1. The topological polar surface area (TPSA) is 58.6 Å². The van der Waals surface area contributed by atoms with Crippen LogP contribution >= 0.6 is 11.8 Å². The Labute approximate surface area is 157 Å². The maximum absolute atomic E-state index is 12.4. The van der Waals surface area contributed by atoms with E-state index in [4.69, 9.17) is 4.74 Å². The molecule has 0 saturated carbocycles. The van der Waals surface area contributed by atoms with Crippen molar-refractivity contribution < 1.29 is 14.3 Å². The SMILES string of the molecule is COc1ccc(S[C@H](C)C(=O)Nc2ccc(N3CCCC3=O)cc2)cc1. The molecule has 0 spiro atoms. The van der Waals surface area contributed by atoms with Gasteiger partial charge < -0.3 is 15.0 Å². The second kappa shape index (κ2) is 8.27. The van der Waals surface area contributed by atoms with Crippen molar-refractivity contribution in [3.8, 4) is 5.75 Å². The average molecular weight is 370 g/mol. The maximum atomic E-state index is 12.4. The Morgan fingerprint density at radius 3 is 2.42 bits per heavy atom. The molecule has 3 rings (SSSR count). The van der Waals surface area contributed by atoms with Crippen molar-refractivity contribution in [2.24, 2.45) is 0 Å². The smallest absolute Gasteiger partial charge is 0.237 e. The number of amides is 2. The fourth-order valence-corrected chi connectivity index (χ4v) is 3.67. The third-order valence-corrected chi connectivity index (χ3v) is 5.37. The standard InChI is InChI=1S/C20H22N2O3S/c1-14(26-18-11-9-17(25-2)10-12-18)20(24)21-15-5-7-16(8-6-15)22-13-3-4-19(22)23/h5-12,14H,3-4,13H2,1-2H3,(H,21,24)/t14-/m1/s1. The van der Waals surface area contributed by atoms with Crippen LogP contribution in [0.4, 0.5) is 11.4 Å². The maximum Gasteiger partial charge on any atom is 0.237 e. The van der Waals surface area contributed by atoms with Crippen molar-refractivity contribution in [1.82, 2.24) is 0 Å². The first kappa shape index (κ1) is 18.3. The fraction of sp³-hybridized carbons (Fsp3) is 0.300. The molecule has 6 heteroatoms. The van der Waals surface area contributed by atoms with Gasteiger partial charge in [-0.1, -0.05) is 0 Å². The van der Waals surface area contributed by atoms with E-state index in [9.17, 15) is 9.59 Å². The lowest BCUT2D eigenvalue weighted by molar-refractivity contribution is -0.117. The summed E-state index contributed by atoms with van der Waals surface area (Å²) >= 11 is 1.49. The second-order valence-electron chi connectivity index (χ2n) is 6.12. The predicted molar refractivity (Wildman–Crippen MR) is 105 cm³/mol. The van der Waals surface area contributed by atoms with Crippen LogP contribution in [0.1, 0.15) is 19.8 Å². The molecule has 2 amide bonds. The highest BCUT2D eigenvalue weighted by Crippen LogP contribution is 2.27. The van der Waals surface area contributed by atoms with Gasteiger partial charge in [0.15, 0.2) is 0 Å². The molecule has 0 radical (unpaired) electrons. The van der Waals surface area contributed by atoms with Crippen LogP contribution in [0.2, 0.25) is 0 Å². The summed E-state index contributed by atoms with van der Waals surface area (Å²) in [5.41, 5.74) is 1.61. The molecule has 0 aliphatic carbocycles. The molecule has 2 aromatic rings. The zero-order chi connectivity index (χ0) is 18.5. The Morgan fingerprint density at radius 2 is 1.85 bits per heavy atom. The number of hydrogen-bond acceptors (Lipinski definition) is 4. The summed E-state index contributed by atoms with van der Waals surface area (Å²) in [6.45, 7) is 2.64. The summed E-state index contributed by atoms with van der Waals surface area (Å²) in [5, 5.41) is 2.69. The van der Waals surface area contributed by atoms with Gasteiger partial charge in [-0.05, 0) is 61.9 Å². The Hall–Kier alpha value is -2.47. The fourth-order valence-electron chi connectivity index (χ4n) is 2.80. The number of benzene rings is 2. The highest BCUT2D eigenvalue weighted by Gasteiger charge is 2.21. The minimum Gasteiger partial charge on any atom is -0.497 e. The van der Waals surface area contributed by atoms with Gasteiger partial charge in [-0.3, -0.25) is 9.59 Å². The van der Waals surface area contributed by atoms with Gasteiger partial charge >= 0.3 is 0 Å². The van der Waals surface area contributed by atoms with Crippen molar-refractivity contribution in [2.75, 3.05) is 23.9 Å². The number of carbonyl (C=O) groups excluding carboxylic acids is 2. The highest BCUT2D eigenvalue weighted by molar-refractivity contribution is 8.00. The summed E-state index contributed by atoms with van der Waals surface area (Å²) in [4.78, 5) is 27.0. The van der Waals surface area contributed by atoms with E-state index in [0.29, 0.717) is 6.42 Å². The van der Waals surface area contributed by atoms with Crippen LogP contribution in [-0.2, 0) is 9.59 Å². The van der Waals surface area contributed by atoms with Gasteiger partial charge in [-0.25, -0.2) is 0 Å². The molecule has 2 aromatic carbocycles. The minimum absolute atomic E-state index is 0.0594. The first-order valence-electron chi connectivity index (χ1n) is 8.59. The number of hydrogen-bond donors (Lipinski definition) is 1. The molecule has 0 unspecified atom stereocenters. The lowest BCUT2D eigenvalue weighted by Gasteiger charge is -2.17. The number of nitrogens with one attached hydrogen (secondary N) is 1. The molecule has 0 bridgehead atoms. The van der Waals surface area contributed by atoms with Crippen molar-refractivity contribution >= 4 is 35.0 Å². The molecule has 0 aromatic heterocycles. The molecule has 1 saturated heterocycles. The Morgan fingerprint density at radius 1 is 1.15 bits per heavy atom. The summed E-state index contributed by atoms with van der Waals surface area (Å²) in [7, 11) is 1.63. The number of carbonyl (C=O) groups is 2. The van der Waals surface area contributed by atoms with E-state index < -0.39 is 0 Å². The summed E-state index contributed by atoms with van der Waals surface area (Å²) in [6.07, 6.45) is 1.51. The van der Waals surface area contributed by atoms with E-state index in [1.807, 2.05) is 55.5 Å². The Kier molecular flexibility index (Phi) is 5.83. The Bertz CT molecular complexity index is 775. The molecule has 5 nitrogen and oxygen atoms in total. The molecule has 1 atom stereocenters. The van der Waals surface area contributed by atoms with Crippen LogP contribution in [0.25, 0.3) is 0 Å². The molecule has 1 heterocycles. The average Bonchev–Trinajstić information content (AvgIpc) is 3.09. The molecule has 1 aliphatic rings. The molecule has 1 fully saturated rings. The van der Waals surface area contributed by atoms with Crippen LogP contribution < -0.4 is 15.0 Å². The Balaban J connectivity index is 1.57. The van der Waals surface area contributed by atoms with Crippen LogP contribution in [0.3, 0.4) is 0 Å². The normalized spacial score (nSPS) is 15.0. The van der Waals surface area contributed by atoms with E-state index in [1.54, 1.807) is 12.0 Å². The van der Waals surface area contributed by atoms with Gasteiger partial charge in [0, 0.05) is 29.2 Å². The predicted octanol–water partition coefficient (Wildman–Crippen LogP) is 3.94. The minimum atomic E-state index is -0.233. The molecular formula is C20H22N2O3S. The van der Waals surface area contributed by atoms with Crippen LogP contribution in [-0.4, -0.2) is 30.7 Å². The van der Waals surface area contributed by atoms with E-state index in [1.165, 1.54) is 11.8 Å². The molecule has 1 N–H and O–H groups in total. The third kappa shape index (κ3) is 4.38. The number of rotatable bonds is 6. The van der Waals surface area contributed by atoms with Crippen molar-refractivity contribution in [1.29, 1.82) is 0 Å². The number of thioether (sulfide) groups is 1. The molecular weight excluding hydrogens is 348 g/mol. The van der Waals surface area contributed by atoms with E-state index in [-0.39, 0.29) is 17.1 Å². The number of ether oxygens (including phenoxy) is 1. The van der Waals surface area contributed by atoms with Crippen LogP contribution in [0.15, 0.2) is 53.4 Å². The van der Waals surface area contributed by atoms with E-state index in [2.05, 4.69) is 5.32 Å². The molecule has 136 valence electrons. The van der Waals surface area contributed by atoms with Gasteiger partial charge in [0.05, 0.1) is 12.4 Å². The van der Waals surface area contributed by atoms with Gasteiger partial charge in [0.1, 0.15) is 5.75 Å². The third-order valence-electron chi connectivity index (χ3n) is 4.26. The monoisotopic (exact) mass is 370 g/mol. The lowest BCUT2D eigenvalue weighted by Crippen LogP contribution is -2.24. The summed E-state index contributed by atoms with van der Waals surface area (Å²) in [5.74, 6) is 0.894.